The summed E-state index contributed by atoms with van der Waals surface area (Å²) in [5.41, 5.74) is 0. The second kappa shape index (κ2) is 3.73. The molecule has 1 unspecified atom stereocenters. The summed E-state index contributed by atoms with van der Waals surface area (Å²) < 4.78 is 58.2. The van der Waals surface area contributed by atoms with Crippen molar-refractivity contribution in [3.05, 3.63) is 0 Å². The summed E-state index contributed by atoms with van der Waals surface area (Å²) in [4.78, 5) is 0. The van der Waals surface area contributed by atoms with Crippen molar-refractivity contribution in [3.63, 3.8) is 0 Å². The minimum Gasteiger partial charge on any atom is -0.251 e. The first-order chi connectivity index (χ1) is 4.54. The van der Waals surface area contributed by atoms with E-state index in [4.69, 9.17) is 0 Å². The van der Waals surface area contributed by atoms with Crippen molar-refractivity contribution in [1.29, 1.82) is 0 Å². The fourth-order valence-electron chi connectivity index (χ4n) is 0.395. The molecule has 0 aromatic heterocycles. The Hall–Kier alpha value is -0.350. The third-order valence-electron chi connectivity index (χ3n) is 1.02. The predicted molar refractivity (Wildman–Crippen MR) is 26.4 cm³/mol. The van der Waals surface area contributed by atoms with Gasteiger partial charge in [-0.3, -0.25) is 4.39 Å². The number of rotatable bonds is 4. The largest absolute Gasteiger partial charge is 0.283 e. The number of hydrogen-bond acceptors (Lipinski definition) is 0. The lowest BCUT2D eigenvalue weighted by molar-refractivity contribution is -0.0880. The molecule has 0 aromatic rings. The van der Waals surface area contributed by atoms with Crippen molar-refractivity contribution < 1.29 is 22.0 Å². The Labute approximate surface area is 55.0 Å². The highest BCUT2D eigenvalue weighted by Crippen LogP contribution is 2.25. The van der Waals surface area contributed by atoms with E-state index in [1.165, 1.54) is 0 Å². The van der Waals surface area contributed by atoms with Crippen LogP contribution in [0.4, 0.5) is 22.0 Å². The maximum atomic E-state index is 12.0. The highest BCUT2D eigenvalue weighted by Gasteiger charge is 2.39. The van der Waals surface area contributed by atoms with Crippen LogP contribution in [-0.4, -0.2) is 25.4 Å². The van der Waals surface area contributed by atoms with Gasteiger partial charge in [0.05, 0.1) is 6.67 Å². The first kappa shape index (κ1) is 9.65. The highest BCUT2D eigenvalue weighted by atomic mass is 19.3. The topological polar surface area (TPSA) is 0 Å². The van der Waals surface area contributed by atoms with Gasteiger partial charge in [0.2, 0.25) is 0 Å². The molecule has 0 bridgehead atoms. The standard InChI is InChI=1S/C5H7F5/c6-2-1-5(9,10)4(8)3-7/h4H,1-3H2. The summed E-state index contributed by atoms with van der Waals surface area (Å²) in [5.74, 6) is -3.86. The number of alkyl halides is 5. The van der Waals surface area contributed by atoms with Gasteiger partial charge in [0.15, 0.2) is 6.17 Å². The van der Waals surface area contributed by atoms with Crippen LogP contribution >= 0.6 is 0 Å². The Bertz CT molecular complexity index is 92.0. The molecular formula is C5H7F5. The fourth-order valence-corrected chi connectivity index (χ4v) is 0.395. The van der Waals surface area contributed by atoms with E-state index in [-0.39, 0.29) is 0 Å². The zero-order valence-electron chi connectivity index (χ0n) is 5.09. The smallest absolute Gasteiger partial charge is 0.251 e. The lowest BCUT2D eigenvalue weighted by atomic mass is 10.2. The van der Waals surface area contributed by atoms with Gasteiger partial charge >= 0.3 is 0 Å². The summed E-state index contributed by atoms with van der Waals surface area (Å²) in [6.07, 6.45) is -4.12. The molecule has 1 atom stereocenters. The lowest BCUT2D eigenvalue weighted by Crippen LogP contribution is -2.32. The van der Waals surface area contributed by atoms with Gasteiger partial charge in [-0.25, -0.2) is 17.6 Å². The van der Waals surface area contributed by atoms with E-state index in [0.717, 1.165) is 0 Å². The van der Waals surface area contributed by atoms with Crippen LogP contribution in [0.5, 0.6) is 0 Å². The average molecular weight is 162 g/mol. The lowest BCUT2D eigenvalue weighted by Gasteiger charge is -2.15. The van der Waals surface area contributed by atoms with E-state index < -0.39 is 31.9 Å². The molecule has 0 saturated heterocycles. The van der Waals surface area contributed by atoms with Crippen molar-refractivity contribution in [2.45, 2.75) is 18.5 Å². The van der Waals surface area contributed by atoms with Crippen LogP contribution in [-0.2, 0) is 0 Å². The van der Waals surface area contributed by atoms with Crippen molar-refractivity contribution in [2.75, 3.05) is 13.3 Å². The van der Waals surface area contributed by atoms with Gasteiger partial charge in [-0.05, 0) is 0 Å². The first-order valence-electron chi connectivity index (χ1n) is 2.68. The summed E-state index contributed by atoms with van der Waals surface area (Å²) >= 11 is 0. The van der Waals surface area contributed by atoms with E-state index in [2.05, 4.69) is 0 Å². The molecule has 62 valence electrons. The molecule has 0 aliphatic rings. The van der Waals surface area contributed by atoms with Gasteiger partial charge in [-0.2, -0.15) is 0 Å². The Balaban J connectivity index is 3.82. The fraction of sp³-hybridized carbons (Fsp3) is 1.00. The van der Waals surface area contributed by atoms with Gasteiger partial charge in [0.1, 0.15) is 6.67 Å². The van der Waals surface area contributed by atoms with Crippen LogP contribution in [0.2, 0.25) is 0 Å². The minimum atomic E-state index is -3.86. The Morgan fingerprint density at radius 2 is 1.70 bits per heavy atom. The molecule has 0 fully saturated rings. The molecule has 10 heavy (non-hydrogen) atoms. The van der Waals surface area contributed by atoms with E-state index >= 15 is 0 Å². The Morgan fingerprint density at radius 3 is 2.00 bits per heavy atom. The maximum absolute atomic E-state index is 12.0. The molecule has 0 radical (unpaired) electrons. The zero-order chi connectivity index (χ0) is 8.20. The molecule has 0 spiro atoms. The quantitative estimate of drug-likeness (QED) is 0.556. The van der Waals surface area contributed by atoms with Crippen LogP contribution in [0.15, 0.2) is 0 Å². The molecule has 0 nitrogen and oxygen atoms in total. The molecule has 0 saturated carbocycles. The van der Waals surface area contributed by atoms with Crippen LogP contribution in [0.3, 0.4) is 0 Å². The Kier molecular flexibility index (Phi) is 3.60. The van der Waals surface area contributed by atoms with Crippen LogP contribution in [0, 0.1) is 0 Å². The van der Waals surface area contributed by atoms with Crippen LogP contribution in [0.1, 0.15) is 6.42 Å². The second-order valence-electron chi connectivity index (χ2n) is 1.82. The normalized spacial score (nSPS) is 15.3. The molecule has 0 aromatic carbocycles. The molecule has 0 amide bonds. The monoisotopic (exact) mass is 162 g/mol. The predicted octanol–water partition coefficient (Wildman–Crippen LogP) is 2.29. The van der Waals surface area contributed by atoms with E-state index in [1.807, 2.05) is 0 Å². The van der Waals surface area contributed by atoms with E-state index in [9.17, 15) is 22.0 Å². The molecular weight excluding hydrogens is 155 g/mol. The van der Waals surface area contributed by atoms with Crippen molar-refractivity contribution in [1.82, 2.24) is 0 Å². The molecule has 0 aliphatic heterocycles. The summed E-state index contributed by atoms with van der Waals surface area (Å²) in [6.45, 7) is -3.11. The van der Waals surface area contributed by atoms with Gasteiger partial charge in [-0.1, -0.05) is 0 Å². The van der Waals surface area contributed by atoms with E-state index in [0.29, 0.717) is 0 Å². The average Bonchev–Trinajstić information content (AvgIpc) is 1.86. The van der Waals surface area contributed by atoms with Crippen LogP contribution < -0.4 is 0 Å². The molecule has 5 heteroatoms. The third-order valence-corrected chi connectivity index (χ3v) is 1.02. The molecule has 0 N–H and O–H groups in total. The number of hydrogen-bond donors (Lipinski definition) is 0. The highest BCUT2D eigenvalue weighted by molar-refractivity contribution is 4.75. The minimum absolute atomic E-state index is 1.25. The van der Waals surface area contributed by atoms with Crippen molar-refractivity contribution >= 4 is 0 Å². The summed E-state index contributed by atoms with van der Waals surface area (Å²) in [6, 6.07) is 0. The first-order valence-corrected chi connectivity index (χ1v) is 2.68. The van der Waals surface area contributed by atoms with Crippen LogP contribution in [0.25, 0.3) is 0 Å². The Morgan fingerprint density at radius 1 is 1.20 bits per heavy atom. The van der Waals surface area contributed by atoms with E-state index in [1.54, 1.807) is 0 Å². The summed E-state index contributed by atoms with van der Waals surface area (Å²) in [5, 5.41) is 0. The summed E-state index contributed by atoms with van der Waals surface area (Å²) in [7, 11) is 0. The third kappa shape index (κ3) is 2.49. The zero-order valence-corrected chi connectivity index (χ0v) is 5.09. The molecule has 0 rings (SSSR count). The van der Waals surface area contributed by atoms with Gasteiger partial charge < -0.3 is 0 Å². The van der Waals surface area contributed by atoms with Gasteiger partial charge in [0, 0.05) is 6.42 Å². The van der Waals surface area contributed by atoms with Gasteiger partial charge in [0.25, 0.3) is 5.92 Å². The SMILES string of the molecule is FCCC(F)(F)C(F)CF. The second-order valence-corrected chi connectivity index (χ2v) is 1.82. The van der Waals surface area contributed by atoms with Crippen molar-refractivity contribution in [2.24, 2.45) is 0 Å². The molecule has 0 aliphatic carbocycles. The van der Waals surface area contributed by atoms with Crippen molar-refractivity contribution in [3.8, 4) is 0 Å². The maximum Gasteiger partial charge on any atom is 0.283 e. The molecule has 0 heterocycles. The van der Waals surface area contributed by atoms with Gasteiger partial charge in [-0.15, -0.1) is 0 Å². The number of halogens is 5.